The van der Waals surface area contributed by atoms with Gasteiger partial charge in [0.05, 0.1) is 18.0 Å². The molecule has 1 aliphatic rings. The minimum absolute atomic E-state index is 0.101. The molecule has 0 saturated heterocycles. The van der Waals surface area contributed by atoms with Gasteiger partial charge < -0.3 is 10.4 Å². The molecular formula is C16H20N4O2. The van der Waals surface area contributed by atoms with Gasteiger partial charge >= 0.3 is 0 Å². The smallest absolute Gasteiger partial charge is 0.274 e. The zero-order chi connectivity index (χ0) is 15.7. The fourth-order valence-corrected chi connectivity index (χ4v) is 2.39. The molecule has 2 aromatic rings. The molecule has 1 unspecified atom stereocenters. The average molecular weight is 300 g/mol. The Hall–Kier alpha value is -2.21. The lowest BCUT2D eigenvalue weighted by Gasteiger charge is -2.11. The fraction of sp³-hybridized carbons (Fsp3) is 0.438. The highest BCUT2D eigenvalue weighted by molar-refractivity contribution is 5.93. The summed E-state index contributed by atoms with van der Waals surface area (Å²) in [4.78, 5) is 12.3. The summed E-state index contributed by atoms with van der Waals surface area (Å²) in [5.74, 6) is 0.0586. The quantitative estimate of drug-likeness (QED) is 0.878. The summed E-state index contributed by atoms with van der Waals surface area (Å²) in [6.45, 7) is 3.68. The van der Waals surface area contributed by atoms with Gasteiger partial charge in [-0.2, -0.15) is 0 Å². The Morgan fingerprint density at radius 1 is 1.41 bits per heavy atom. The zero-order valence-electron chi connectivity index (χ0n) is 12.8. The van der Waals surface area contributed by atoms with Crippen molar-refractivity contribution >= 4 is 5.91 Å². The van der Waals surface area contributed by atoms with Crippen molar-refractivity contribution in [1.29, 1.82) is 0 Å². The summed E-state index contributed by atoms with van der Waals surface area (Å²) in [7, 11) is 0. The molecule has 1 amide bonds. The third-order valence-electron chi connectivity index (χ3n) is 3.81. The van der Waals surface area contributed by atoms with E-state index in [9.17, 15) is 4.79 Å². The summed E-state index contributed by atoms with van der Waals surface area (Å²) < 4.78 is 1.76. The number of nitrogens with one attached hydrogen (secondary N) is 1. The van der Waals surface area contributed by atoms with Crippen molar-refractivity contribution in [2.45, 2.75) is 38.6 Å². The molecule has 1 heterocycles. The maximum atomic E-state index is 12.3. The van der Waals surface area contributed by atoms with Crippen molar-refractivity contribution < 1.29 is 9.90 Å². The molecule has 0 aliphatic heterocycles. The van der Waals surface area contributed by atoms with Crippen LogP contribution in [0.5, 0.6) is 0 Å². The Kier molecular flexibility index (Phi) is 3.94. The lowest BCUT2D eigenvalue weighted by molar-refractivity contribution is 0.0916. The number of benzene rings is 1. The molecule has 1 aromatic carbocycles. The van der Waals surface area contributed by atoms with Crippen molar-refractivity contribution in [2.24, 2.45) is 0 Å². The minimum Gasteiger partial charge on any atom is -0.394 e. The van der Waals surface area contributed by atoms with Gasteiger partial charge in [-0.15, -0.1) is 5.10 Å². The average Bonchev–Trinajstić information content (AvgIpc) is 3.26. The number of aliphatic hydroxyl groups is 1. The van der Waals surface area contributed by atoms with Crippen molar-refractivity contribution in [3.63, 3.8) is 0 Å². The molecule has 116 valence electrons. The molecular weight excluding hydrogens is 280 g/mol. The van der Waals surface area contributed by atoms with E-state index in [4.69, 9.17) is 5.11 Å². The van der Waals surface area contributed by atoms with Crippen LogP contribution in [-0.4, -0.2) is 38.7 Å². The minimum atomic E-state index is -0.302. The molecule has 3 rings (SSSR count). The van der Waals surface area contributed by atoms with E-state index in [2.05, 4.69) is 15.6 Å². The summed E-state index contributed by atoms with van der Waals surface area (Å²) in [6, 6.07) is 7.69. The van der Waals surface area contributed by atoms with E-state index in [1.807, 2.05) is 31.2 Å². The van der Waals surface area contributed by atoms with Crippen LogP contribution in [0.1, 0.15) is 47.4 Å². The number of rotatable bonds is 5. The van der Waals surface area contributed by atoms with Gasteiger partial charge in [0.2, 0.25) is 0 Å². The highest BCUT2D eigenvalue weighted by atomic mass is 16.3. The maximum Gasteiger partial charge on any atom is 0.274 e. The van der Waals surface area contributed by atoms with Gasteiger partial charge in [-0.05, 0) is 38.8 Å². The van der Waals surface area contributed by atoms with E-state index in [0.29, 0.717) is 11.6 Å². The van der Waals surface area contributed by atoms with E-state index in [-0.39, 0.29) is 18.6 Å². The Bertz CT molecular complexity index is 674. The predicted octanol–water partition coefficient (Wildman–Crippen LogP) is 1.56. The Morgan fingerprint density at radius 3 is 2.68 bits per heavy atom. The first-order valence-corrected chi connectivity index (χ1v) is 7.54. The highest BCUT2D eigenvalue weighted by Crippen LogP contribution is 2.41. The highest BCUT2D eigenvalue weighted by Gasteiger charge is 2.34. The Labute approximate surface area is 129 Å². The molecule has 1 atom stereocenters. The number of amides is 1. The number of carbonyl (C=O) groups excluding carboxylic acids is 1. The molecule has 0 bridgehead atoms. The van der Waals surface area contributed by atoms with Gasteiger partial charge in [-0.25, -0.2) is 4.68 Å². The summed E-state index contributed by atoms with van der Waals surface area (Å²) in [5, 5.41) is 20.1. The molecule has 1 aliphatic carbocycles. The fourth-order valence-electron chi connectivity index (χ4n) is 2.39. The number of hydrogen-bond donors (Lipinski definition) is 2. The van der Waals surface area contributed by atoms with E-state index < -0.39 is 0 Å². The second-order valence-electron chi connectivity index (χ2n) is 5.90. The molecule has 0 spiro atoms. The second-order valence-corrected chi connectivity index (χ2v) is 5.90. The van der Waals surface area contributed by atoms with E-state index >= 15 is 0 Å². The molecule has 0 radical (unpaired) electrons. The van der Waals surface area contributed by atoms with Crippen molar-refractivity contribution in [2.75, 3.05) is 6.61 Å². The van der Waals surface area contributed by atoms with Crippen LogP contribution in [0.3, 0.4) is 0 Å². The summed E-state index contributed by atoms with van der Waals surface area (Å²) >= 11 is 0. The van der Waals surface area contributed by atoms with Gasteiger partial charge in [0, 0.05) is 12.0 Å². The van der Waals surface area contributed by atoms with Crippen molar-refractivity contribution in [3.8, 4) is 5.69 Å². The summed E-state index contributed by atoms with van der Waals surface area (Å²) in [5.41, 5.74) is 3.32. The zero-order valence-corrected chi connectivity index (χ0v) is 12.8. The maximum absolute atomic E-state index is 12.3. The monoisotopic (exact) mass is 300 g/mol. The van der Waals surface area contributed by atoms with Crippen LogP contribution in [0.4, 0.5) is 0 Å². The number of aliphatic hydroxyl groups excluding tert-OH is 1. The van der Waals surface area contributed by atoms with Gasteiger partial charge in [0.25, 0.3) is 5.91 Å². The van der Waals surface area contributed by atoms with Crippen LogP contribution in [-0.2, 0) is 0 Å². The predicted molar refractivity (Wildman–Crippen MR) is 82.1 cm³/mol. The van der Waals surface area contributed by atoms with Crippen LogP contribution < -0.4 is 5.32 Å². The van der Waals surface area contributed by atoms with Gasteiger partial charge in [-0.1, -0.05) is 22.9 Å². The van der Waals surface area contributed by atoms with E-state index in [1.165, 1.54) is 5.56 Å². The van der Waals surface area contributed by atoms with Crippen LogP contribution in [0.15, 0.2) is 24.3 Å². The number of hydrogen-bond acceptors (Lipinski definition) is 4. The van der Waals surface area contributed by atoms with Crippen LogP contribution in [0.2, 0.25) is 0 Å². The number of aromatic nitrogens is 3. The normalized spacial score (nSPS) is 15.6. The summed E-state index contributed by atoms with van der Waals surface area (Å²) in [6.07, 6.45) is 2.10. The number of aryl methyl sites for hydroxylation is 1. The molecule has 1 fully saturated rings. The molecule has 22 heavy (non-hydrogen) atoms. The van der Waals surface area contributed by atoms with Crippen LogP contribution in [0, 0.1) is 6.92 Å². The van der Waals surface area contributed by atoms with Gasteiger partial charge in [-0.3, -0.25) is 4.79 Å². The first-order valence-electron chi connectivity index (χ1n) is 7.54. The van der Waals surface area contributed by atoms with Crippen LogP contribution >= 0.6 is 0 Å². The third-order valence-corrected chi connectivity index (χ3v) is 3.81. The lowest BCUT2D eigenvalue weighted by atomic mass is 10.2. The molecule has 2 N–H and O–H groups in total. The SMILES string of the molecule is Cc1ccc(-n2nnc(C(=O)NC(C)CO)c2C2CC2)cc1. The van der Waals surface area contributed by atoms with Crippen molar-refractivity contribution in [1.82, 2.24) is 20.3 Å². The van der Waals surface area contributed by atoms with Crippen LogP contribution in [0.25, 0.3) is 5.69 Å². The largest absolute Gasteiger partial charge is 0.394 e. The van der Waals surface area contributed by atoms with Crippen molar-refractivity contribution in [3.05, 3.63) is 41.2 Å². The van der Waals surface area contributed by atoms with E-state index in [0.717, 1.165) is 24.2 Å². The van der Waals surface area contributed by atoms with E-state index in [1.54, 1.807) is 11.6 Å². The standard InChI is InChI=1S/C16H20N4O2/c1-10-3-7-13(8-4-10)20-15(12-5-6-12)14(18-19-20)16(22)17-11(2)9-21/h3-4,7-8,11-12,21H,5-6,9H2,1-2H3,(H,17,22). The lowest BCUT2D eigenvalue weighted by Crippen LogP contribution is -2.35. The van der Waals surface area contributed by atoms with Gasteiger partial charge in [0.15, 0.2) is 5.69 Å². The second kappa shape index (κ2) is 5.88. The van der Waals surface area contributed by atoms with Gasteiger partial charge in [0.1, 0.15) is 0 Å². The molecule has 6 nitrogen and oxygen atoms in total. The topological polar surface area (TPSA) is 80.0 Å². The molecule has 1 saturated carbocycles. The Balaban J connectivity index is 1.95. The molecule has 1 aromatic heterocycles. The number of nitrogens with zero attached hydrogens (tertiary/aromatic N) is 3. The first kappa shape index (κ1) is 14.7. The first-order chi connectivity index (χ1) is 10.6. The Morgan fingerprint density at radius 2 is 2.09 bits per heavy atom. The third kappa shape index (κ3) is 2.87. The molecule has 6 heteroatoms. The number of carbonyl (C=O) groups is 1.